The van der Waals surface area contributed by atoms with Gasteiger partial charge in [-0.25, -0.2) is 0 Å². The molecule has 1 amide bonds. The molecule has 0 radical (unpaired) electrons. The van der Waals surface area contributed by atoms with Crippen LogP contribution < -0.4 is 14.8 Å². The number of aryl methyl sites for hydroxylation is 2. The van der Waals surface area contributed by atoms with Gasteiger partial charge in [-0.05, 0) is 70.1 Å². The number of anilines is 1. The largest absolute Gasteiger partial charge is 0.494 e. The molecule has 0 aliphatic carbocycles. The highest BCUT2D eigenvalue weighted by atomic mass is 32.1. The predicted octanol–water partition coefficient (Wildman–Crippen LogP) is 6.50. The molecule has 0 atom stereocenters. The van der Waals surface area contributed by atoms with Gasteiger partial charge in [-0.3, -0.25) is 20.1 Å². The SMILES string of the molecule is C\C=C(C)/C=C\C(COc1nnc(NC(=O)c2cnc(C)cc2-c2cc(C)ncc2OC)s1)=C(\C)CC. The normalized spacial score (nSPS) is 12.5. The molecule has 0 unspecified atom stereocenters. The second-order valence-corrected chi connectivity index (χ2v) is 9.48. The highest BCUT2D eigenvalue weighted by molar-refractivity contribution is 7.17. The number of amides is 1. The second kappa shape index (κ2) is 12.9. The molecule has 0 aliphatic heterocycles. The maximum absolute atomic E-state index is 13.3. The molecule has 0 fully saturated rings. The fourth-order valence-corrected chi connectivity index (χ4v) is 3.97. The number of rotatable bonds is 10. The lowest BCUT2D eigenvalue weighted by Crippen LogP contribution is -2.14. The maximum atomic E-state index is 13.3. The summed E-state index contributed by atoms with van der Waals surface area (Å²) in [5.41, 5.74) is 6.93. The van der Waals surface area contributed by atoms with Crippen molar-refractivity contribution in [3.8, 4) is 22.1 Å². The number of ether oxygens (including phenoxy) is 2. The molecule has 9 heteroatoms. The number of aromatic nitrogens is 4. The first-order chi connectivity index (χ1) is 17.7. The van der Waals surface area contributed by atoms with E-state index in [1.54, 1.807) is 19.5 Å². The Bertz CT molecular complexity index is 1360. The Labute approximate surface area is 222 Å². The minimum absolute atomic E-state index is 0.336. The third-order valence-electron chi connectivity index (χ3n) is 5.86. The van der Waals surface area contributed by atoms with E-state index in [-0.39, 0.29) is 5.91 Å². The van der Waals surface area contributed by atoms with Crippen LogP contribution in [0.4, 0.5) is 5.13 Å². The molecule has 37 heavy (non-hydrogen) atoms. The molecule has 3 aromatic rings. The van der Waals surface area contributed by atoms with Crippen LogP contribution in [0, 0.1) is 13.8 Å². The first-order valence-corrected chi connectivity index (χ1v) is 12.8. The summed E-state index contributed by atoms with van der Waals surface area (Å²) in [6, 6.07) is 3.74. The highest BCUT2D eigenvalue weighted by Crippen LogP contribution is 2.33. The summed E-state index contributed by atoms with van der Waals surface area (Å²) in [4.78, 5) is 21.9. The Kier molecular flexibility index (Phi) is 9.68. The number of allylic oxidation sites excluding steroid dienone is 4. The van der Waals surface area contributed by atoms with Crippen LogP contribution >= 0.6 is 11.3 Å². The van der Waals surface area contributed by atoms with Gasteiger partial charge in [0.25, 0.3) is 11.1 Å². The molecule has 0 aromatic carbocycles. The van der Waals surface area contributed by atoms with Crippen LogP contribution in [0.25, 0.3) is 11.1 Å². The Balaban J connectivity index is 1.79. The summed E-state index contributed by atoms with van der Waals surface area (Å²) in [7, 11) is 1.58. The Morgan fingerprint density at radius 1 is 1.05 bits per heavy atom. The number of methoxy groups -OCH3 is 1. The average Bonchev–Trinajstić information content (AvgIpc) is 3.34. The van der Waals surface area contributed by atoms with Gasteiger partial charge in [0.1, 0.15) is 12.4 Å². The molecular formula is C28H33N5O3S. The van der Waals surface area contributed by atoms with Crippen LogP contribution in [0.2, 0.25) is 0 Å². The topological polar surface area (TPSA) is 99.1 Å². The number of hydrogen-bond donors (Lipinski definition) is 1. The summed E-state index contributed by atoms with van der Waals surface area (Å²) < 4.78 is 11.4. The van der Waals surface area contributed by atoms with Gasteiger partial charge in [0.2, 0.25) is 5.13 Å². The molecule has 3 aromatic heterocycles. The van der Waals surface area contributed by atoms with Crippen LogP contribution in [-0.2, 0) is 0 Å². The first kappa shape index (κ1) is 27.7. The molecule has 3 rings (SSSR count). The maximum Gasteiger partial charge on any atom is 0.296 e. The predicted molar refractivity (Wildman–Crippen MR) is 148 cm³/mol. The summed E-state index contributed by atoms with van der Waals surface area (Å²) >= 11 is 1.17. The fourth-order valence-electron chi connectivity index (χ4n) is 3.38. The second-order valence-electron chi connectivity index (χ2n) is 8.54. The summed E-state index contributed by atoms with van der Waals surface area (Å²) in [5, 5.41) is 11.7. The summed E-state index contributed by atoms with van der Waals surface area (Å²) in [6.07, 6.45) is 10.3. The zero-order valence-corrected chi connectivity index (χ0v) is 23.2. The van der Waals surface area contributed by atoms with Crippen molar-refractivity contribution in [2.75, 3.05) is 19.0 Å². The molecule has 0 aliphatic rings. The number of pyridine rings is 2. The third-order valence-corrected chi connectivity index (χ3v) is 6.61. The average molecular weight is 520 g/mol. The molecule has 0 saturated carbocycles. The lowest BCUT2D eigenvalue weighted by Gasteiger charge is -2.13. The summed E-state index contributed by atoms with van der Waals surface area (Å²) in [5.74, 6) is 0.218. The monoisotopic (exact) mass is 519 g/mol. The fraction of sp³-hybridized carbons (Fsp3) is 0.321. The molecule has 0 spiro atoms. The van der Waals surface area contributed by atoms with Crippen LogP contribution in [0.1, 0.15) is 55.9 Å². The van der Waals surface area contributed by atoms with Crippen LogP contribution in [0.5, 0.6) is 10.9 Å². The Morgan fingerprint density at radius 2 is 1.76 bits per heavy atom. The zero-order chi connectivity index (χ0) is 26.9. The quantitative estimate of drug-likeness (QED) is 0.305. The standard InChI is InChI=1S/C28H33N5O3S/c1-8-17(3)10-11-21(18(4)9-2)16-36-28-33-32-27(37-28)31-26(34)24-14-29-19(5)12-22(24)23-13-20(6)30-15-25(23)35-7/h8,10-15H,9,16H2,1-7H3,(H,31,32,34)/b11-10-,17-8-,21-18+. The minimum atomic E-state index is -0.353. The van der Waals surface area contributed by atoms with Gasteiger partial charge in [-0.1, -0.05) is 41.4 Å². The van der Waals surface area contributed by atoms with Crippen molar-refractivity contribution in [3.63, 3.8) is 0 Å². The Hall–Kier alpha value is -3.85. The molecule has 8 nitrogen and oxygen atoms in total. The van der Waals surface area contributed by atoms with E-state index in [9.17, 15) is 4.79 Å². The van der Waals surface area contributed by atoms with Crippen LogP contribution in [0.3, 0.4) is 0 Å². The van der Waals surface area contributed by atoms with E-state index in [2.05, 4.69) is 64.5 Å². The van der Waals surface area contributed by atoms with Crippen molar-refractivity contribution >= 4 is 22.4 Å². The number of hydrogen-bond acceptors (Lipinski definition) is 8. The van der Waals surface area contributed by atoms with Gasteiger partial charge in [0.15, 0.2) is 0 Å². The molecule has 1 N–H and O–H groups in total. The van der Waals surface area contributed by atoms with E-state index in [1.807, 2.05) is 32.9 Å². The summed E-state index contributed by atoms with van der Waals surface area (Å²) in [6.45, 7) is 12.4. The van der Waals surface area contributed by atoms with Gasteiger partial charge >= 0.3 is 0 Å². The number of nitrogens with zero attached hydrogens (tertiary/aromatic N) is 4. The van der Waals surface area contributed by atoms with Crippen molar-refractivity contribution in [2.45, 2.75) is 48.0 Å². The van der Waals surface area contributed by atoms with Gasteiger partial charge in [0.05, 0.1) is 18.9 Å². The number of nitrogens with one attached hydrogen (secondary N) is 1. The van der Waals surface area contributed by atoms with Crippen molar-refractivity contribution < 1.29 is 14.3 Å². The lowest BCUT2D eigenvalue weighted by atomic mass is 9.99. The van der Waals surface area contributed by atoms with Gasteiger partial charge in [0, 0.05) is 28.7 Å². The van der Waals surface area contributed by atoms with E-state index >= 15 is 0 Å². The van der Waals surface area contributed by atoms with Gasteiger partial charge < -0.3 is 9.47 Å². The van der Waals surface area contributed by atoms with E-state index in [0.29, 0.717) is 33.8 Å². The molecular weight excluding hydrogens is 486 g/mol. The third kappa shape index (κ3) is 7.33. The molecule has 0 bridgehead atoms. The molecule has 0 saturated heterocycles. The van der Waals surface area contributed by atoms with E-state index in [4.69, 9.17) is 9.47 Å². The smallest absolute Gasteiger partial charge is 0.296 e. The molecule has 3 heterocycles. The minimum Gasteiger partial charge on any atom is -0.494 e. The van der Waals surface area contributed by atoms with E-state index < -0.39 is 0 Å². The Morgan fingerprint density at radius 3 is 2.43 bits per heavy atom. The lowest BCUT2D eigenvalue weighted by molar-refractivity contribution is 0.102. The van der Waals surface area contributed by atoms with Crippen molar-refractivity contribution in [1.29, 1.82) is 0 Å². The van der Waals surface area contributed by atoms with Crippen molar-refractivity contribution in [1.82, 2.24) is 20.2 Å². The van der Waals surface area contributed by atoms with Gasteiger partial charge in [-0.2, -0.15) is 0 Å². The molecule has 194 valence electrons. The number of carbonyl (C=O) groups is 1. The van der Waals surface area contributed by atoms with E-state index in [0.717, 1.165) is 28.9 Å². The van der Waals surface area contributed by atoms with Gasteiger partial charge in [-0.15, -0.1) is 5.10 Å². The van der Waals surface area contributed by atoms with Crippen LogP contribution in [-0.4, -0.2) is 39.8 Å². The zero-order valence-electron chi connectivity index (χ0n) is 22.4. The number of carbonyl (C=O) groups excluding carboxylic acids is 1. The van der Waals surface area contributed by atoms with E-state index in [1.165, 1.54) is 22.5 Å². The van der Waals surface area contributed by atoms with Crippen molar-refractivity contribution in [2.24, 2.45) is 0 Å². The first-order valence-electron chi connectivity index (χ1n) is 12.0. The highest BCUT2D eigenvalue weighted by Gasteiger charge is 2.19. The van der Waals surface area contributed by atoms with Crippen LogP contribution in [0.15, 0.2) is 59.5 Å². The van der Waals surface area contributed by atoms with Crippen molar-refractivity contribution in [3.05, 3.63) is 76.4 Å².